The van der Waals surface area contributed by atoms with Crippen molar-refractivity contribution in [3.63, 3.8) is 0 Å². The van der Waals surface area contributed by atoms with Crippen LogP contribution in [0.3, 0.4) is 0 Å². The maximum atomic E-state index is 12.1. The Kier molecular flexibility index (Phi) is 6.70. The maximum absolute atomic E-state index is 12.1. The van der Waals surface area contributed by atoms with Gasteiger partial charge in [-0.3, -0.25) is 9.80 Å². The Labute approximate surface area is 204 Å². The predicted molar refractivity (Wildman–Crippen MR) is 136 cm³/mol. The Bertz CT molecular complexity index is 1380. The van der Waals surface area contributed by atoms with E-state index < -0.39 is 0 Å². The first kappa shape index (κ1) is 23.3. The zero-order valence-corrected chi connectivity index (χ0v) is 20.5. The number of piperazine rings is 1. The fraction of sp³-hybridized carbons (Fsp3) is 0.357. The highest BCUT2D eigenvalue weighted by molar-refractivity contribution is 5.81. The molecule has 0 radical (unpaired) electrons. The van der Waals surface area contributed by atoms with Gasteiger partial charge < -0.3 is 13.6 Å². The van der Waals surface area contributed by atoms with Crippen molar-refractivity contribution >= 4 is 11.0 Å². The van der Waals surface area contributed by atoms with E-state index in [1.54, 1.807) is 6.07 Å². The molecule has 4 aromatic rings. The summed E-state index contributed by atoms with van der Waals surface area (Å²) in [5.74, 6) is 2.35. The summed E-state index contributed by atoms with van der Waals surface area (Å²) < 4.78 is 17.1. The van der Waals surface area contributed by atoms with Gasteiger partial charge in [0.2, 0.25) is 5.89 Å². The van der Waals surface area contributed by atoms with E-state index in [1.807, 2.05) is 50.2 Å². The molecular formula is C28H31N3O4. The molecule has 35 heavy (non-hydrogen) atoms. The van der Waals surface area contributed by atoms with Crippen molar-refractivity contribution in [1.29, 1.82) is 0 Å². The highest BCUT2D eigenvalue weighted by Crippen LogP contribution is 2.27. The molecule has 1 saturated heterocycles. The van der Waals surface area contributed by atoms with Crippen LogP contribution in [0.1, 0.15) is 29.5 Å². The number of rotatable bonds is 7. The van der Waals surface area contributed by atoms with Crippen LogP contribution in [0.15, 0.2) is 62.2 Å². The van der Waals surface area contributed by atoms with Crippen molar-refractivity contribution in [3.8, 4) is 17.2 Å². The van der Waals surface area contributed by atoms with Gasteiger partial charge >= 0.3 is 5.63 Å². The lowest BCUT2D eigenvalue weighted by Gasteiger charge is -2.34. The molecule has 0 bridgehead atoms. The number of hydrogen-bond donors (Lipinski definition) is 0. The molecule has 7 heteroatoms. The third-order valence-electron chi connectivity index (χ3n) is 6.61. The van der Waals surface area contributed by atoms with Crippen LogP contribution in [-0.2, 0) is 13.1 Å². The number of fused-ring (bicyclic) bond motifs is 1. The van der Waals surface area contributed by atoms with E-state index in [0.29, 0.717) is 24.6 Å². The monoisotopic (exact) mass is 473 g/mol. The normalized spacial score (nSPS) is 15.1. The topological polar surface area (TPSA) is 72.0 Å². The van der Waals surface area contributed by atoms with Crippen molar-refractivity contribution in [1.82, 2.24) is 14.8 Å². The van der Waals surface area contributed by atoms with E-state index in [1.165, 1.54) is 0 Å². The molecule has 0 spiro atoms. The molecule has 0 N–H and O–H groups in total. The van der Waals surface area contributed by atoms with Gasteiger partial charge in [0.15, 0.2) is 0 Å². The smallest absolute Gasteiger partial charge is 0.336 e. The Hall–Kier alpha value is -3.42. The molecule has 7 nitrogen and oxygen atoms in total. The van der Waals surface area contributed by atoms with Gasteiger partial charge in [-0.1, -0.05) is 18.2 Å². The zero-order valence-electron chi connectivity index (χ0n) is 20.5. The molecule has 0 amide bonds. The van der Waals surface area contributed by atoms with Crippen LogP contribution in [0.2, 0.25) is 0 Å². The molecule has 3 heterocycles. The van der Waals surface area contributed by atoms with Gasteiger partial charge in [0.1, 0.15) is 17.1 Å². The van der Waals surface area contributed by atoms with Crippen LogP contribution < -0.4 is 10.4 Å². The van der Waals surface area contributed by atoms with Gasteiger partial charge in [0.25, 0.3) is 0 Å². The van der Waals surface area contributed by atoms with Gasteiger partial charge in [-0.2, -0.15) is 0 Å². The summed E-state index contributed by atoms with van der Waals surface area (Å²) in [5, 5.41) is 0.930. The molecule has 0 saturated carbocycles. The number of aryl methyl sites for hydroxylation is 2. The molecule has 182 valence electrons. The Morgan fingerprint density at radius 1 is 0.943 bits per heavy atom. The summed E-state index contributed by atoms with van der Waals surface area (Å²) in [6, 6.07) is 15.4. The average Bonchev–Trinajstić information content (AvgIpc) is 3.21. The Morgan fingerprint density at radius 2 is 1.69 bits per heavy atom. The first-order chi connectivity index (χ1) is 17.0. The van der Waals surface area contributed by atoms with Crippen LogP contribution in [0, 0.1) is 13.8 Å². The van der Waals surface area contributed by atoms with Crippen LogP contribution >= 0.6 is 0 Å². The van der Waals surface area contributed by atoms with Crippen molar-refractivity contribution < 1.29 is 13.6 Å². The van der Waals surface area contributed by atoms with Crippen LogP contribution in [-0.4, -0.2) is 47.6 Å². The molecule has 0 unspecified atom stereocenters. The van der Waals surface area contributed by atoms with Gasteiger partial charge in [-0.15, -0.1) is 0 Å². The summed E-state index contributed by atoms with van der Waals surface area (Å²) >= 11 is 0. The third kappa shape index (κ3) is 5.16. The fourth-order valence-corrected chi connectivity index (χ4v) is 4.66. The van der Waals surface area contributed by atoms with E-state index >= 15 is 0 Å². The predicted octanol–water partition coefficient (Wildman–Crippen LogP) is 4.78. The second-order valence-electron chi connectivity index (χ2n) is 9.07. The maximum Gasteiger partial charge on any atom is 0.336 e. The largest absolute Gasteiger partial charge is 0.494 e. The molecule has 0 atom stereocenters. The van der Waals surface area contributed by atoms with E-state index in [2.05, 4.69) is 22.8 Å². The third-order valence-corrected chi connectivity index (χ3v) is 6.61. The molecule has 5 rings (SSSR count). The first-order valence-electron chi connectivity index (χ1n) is 12.2. The number of hydrogen-bond acceptors (Lipinski definition) is 7. The average molecular weight is 474 g/mol. The number of aromatic nitrogens is 1. The number of benzene rings is 2. The second kappa shape index (κ2) is 10.1. The highest BCUT2D eigenvalue weighted by Gasteiger charge is 2.21. The second-order valence-corrected chi connectivity index (χ2v) is 9.07. The van der Waals surface area contributed by atoms with Gasteiger partial charge in [-0.25, -0.2) is 9.78 Å². The molecule has 1 aliphatic rings. The molecule has 1 fully saturated rings. The van der Waals surface area contributed by atoms with E-state index in [4.69, 9.17) is 18.6 Å². The Morgan fingerprint density at radius 3 is 2.43 bits per heavy atom. The SMILES string of the molecule is CCOc1ccc2oc(=O)cc(CN3CCN(Cc4nc(-c5ccccc5C)oc4C)CC3)c2c1. The summed E-state index contributed by atoms with van der Waals surface area (Å²) in [5.41, 5.74) is 4.44. The number of ether oxygens (including phenoxy) is 1. The molecule has 2 aromatic carbocycles. The first-order valence-corrected chi connectivity index (χ1v) is 12.2. The van der Waals surface area contributed by atoms with E-state index in [9.17, 15) is 4.79 Å². The standard InChI is InChI=1S/C28H31N3O4/c1-4-33-22-9-10-26-24(16-22)21(15-27(32)35-26)17-30-11-13-31(14-12-30)18-25-20(3)34-28(29-25)23-8-6-5-7-19(23)2/h5-10,15-16H,4,11-14,17-18H2,1-3H3. The zero-order chi connectivity index (χ0) is 24.4. The van der Waals surface area contributed by atoms with Crippen LogP contribution in [0.25, 0.3) is 22.4 Å². The number of nitrogens with zero attached hydrogens (tertiary/aromatic N) is 3. The van der Waals surface area contributed by atoms with E-state index in [-0.39, 0.29) is 5.63 Å². The molecule has 2 aromatic heterocycles. The fourth-order valence-electron chi connectivity index (χ4n) is 4.66. The van der Waals surface area contributed by atoms with Crippen molar-refractivity contribution in [3.05, 3.63) is 81.5 Å². The van der Waals surface area contributed by atoms with Crippen molar-refractivity contribution in [2.75, 3.05) is 32.8 Å². The van der Waals surface area contributed by atoms with Gasteiger partial charge in [0.05, 0.1) is 12.3 Å². The minimum absolute atomic E-state index is 0.318. The van der Waals surface area contributed by atoms with E-state index in [0.717, 1.165) is 72.0 Å². The minimum atomic E-state index is -0.318. The summed E-state index contributed by atoms with van der Waals surface area (Å²) in [4.78, 5) is 21.7. The van der Waals surface area contributed by atoms with Crippen LogP contribution in [0.5, 0.6) is 5.75 Å². The summed E-state index contributed by atoms with van der Waals surface area (Å²) in [6.07, 6.45) is 0. The summed E-state index contributed by atoms with van der Waals surface area (Å²) in [6.45, 7) is 11.8. The lowest BCUT2D eigenvalue weighted by molar-refractivity contribution is 0.121. The molecular weight excluding hydrogens is 442 g/mol. The highest BCUT2D eigenvalue weighted by atomic mass is 16.5. The van der Waals surface area contributed by atoms with Crippen molar-refractivity contribution in [2.45, 2.75) is 33.9 Å². The lowest BCUT2D eigenvalue weighted by Crippen LogP contribution is -2.45. The Balaban J connectivity index is 1.25. The summed E-state index contributed by atoms with van der Waals surface area (Å²) in [7, 11) is 0. The lowest BCUT2D eigenvalue weighted by atomic mass is 10.1. The quantitative estimate of drug-likeness (QED) is 0.358. The van der Waals surface area contributed by atoms with Gasteiger partial charge in [0, 0.05) is 56.3 Å². The van der Waals surface area contributed by atoms with Crippen molar-refractivity contribution in [2.24, 2.45) is 0 Å². The van der Waals surface area contributed by atoms with Gasteiger partial charge in [-0.05, 0) is 56.2 Å². The molecule has 0 aliphatic carbocycles. The minimum Gasteiger partial charge on any atom is -0.494 e. The van der Waals surface area contributed by atoms with Crippen LogP contribution in [0.4, 0.5) is 0 Å². The molecule has 1 aliphatic heterocycles. The number of oxazole rings is 1.